The zero-order chi connectivity index (χ0) is 20.2. The van der Waals surface area contributed by atoms with Crippen LogP contribution in [0, 0.1) is 0 Å². The number of amides is 1. The number of carbonyl (C=O) groups excluding carboxylic acids is 1. The summed E-state index contributed by atoms with van der Waals surface area (Å²) in [5.74, 6) is 1.63. The number of piperidine rings is 1. The Morgan fingerprint density at radius 3 is 2.62 bits per heavy atom. The maximum absolute atomic E-state index is 13.8. The van der Waals surface area contributed by atoms with Crippen LogP contribution in [0.15, 0.2) is 48.5 Å². The molecule has 1 N–H and O–H groups in total. The fraction of sp³-hybridized carbons (Fsp3) is 0.458. The van der Waals surface area contributed by atoms with E-state index in [1.807, 2.05) is 12.1 Å². The standard InChI is InChI=1S/C24H30N2O3/c1-28-18-11-12-22(29-2)20(16-18)24(27)26-15-7-6-10-21-23(26)19(13-14-25-21)17-8-4-3-5-9-17/h3-5,8-9,11-12,16,19,21,23,25H,6-7,10,13-15H2,1-2H3/t19-,21-,23-/m1/s1. The van der Waals surface area contributed by atoms with Gasteiger partial charge in [-0.3, -0.25) is 4.79 Å². The molecule has 0 spiro atoms. The first-order chi connectivity index (χ1) is 14.2. The molecule has 154 valence electrons. The van der Waals surface area contributed by atoms with Crippen LogP contribution in [0.4, 0.5) is 0 Å². The maximum atomic E-state index is 13.8. The van der Waals surface area contributed by atoms with Gasteiger partial charge in [-0.1, -0.05) is 36.8 Å². The van der Waals surface area contributed by atoms with Crippen LogP contribution >= 0.6 is 0 Å². The SMILES string of the molecule is COc1ccc(OC)c(C(=O)N2CCCC[C@H]3NCC[C@H](c4ccccc4)[C@H]32)c1. The molecule has 0 unspecified atom stereocenters. The second kappa shape index (κ2) is 8.87. The minimum Gasteiger partial charge on any atom is -0.497 e. The number of ether oxygens (including phenoxy) is 2. The minimum atomic E-state index is 0.0299. The fourth-order valence-corrected chi connectivity index (χ4v) is 4.94. The first kappa shape index (κ1) is 19.8. The van der Waals surface area contributed by atoms with Crippen molar-refractivity contribution in [3.8, 4) is 11.5 Å². The van der Waals surface area contributed by atoms with Crippen LogP contribution in [0.5, 0.6) is 11.5 Å². The number of rotatable bonds is 4. The van der Waals surface area contributed by atoms with Crippen molar-refractivity contribution in [1.82, 2.24) is 10.2 Å². The zero-order valence-corrected chi connectivity index (χ0v) is 17.3. The van der Waals surface area contributed by atoms with Crippen molar-refractivity contribution in [3.63, 3.8) is 0 Å². The molecule has 2 fully saturated rings. The number of fused-ring (bicyclic) bond motifs is 1. The van der Waals surface area contributed by atoms with Gasteiger partial charge in [0.2, 0.25) is 0 Å². The Morgan fingerprint density at radius 2 is 1.86 bits per heavy atom. The van der Waals surface area contributed by atoms with Gasteiger partial charge >= 0.3 is 0 Å². The molecule has 2 aliphatic heterocycles. The molecule has 0 aliphatic carbocycles. The Morgan fingerprint density at radius 1 is 1.03 bits per heavy atom. The molecule has 5 nitrogen and oxygen atoms in total. The number of methoxy groups -OCH3 is 2. The van der Waals surface area contributed by atoms with Gasteiger partial charge < -0.3 is 19.7 Å². The van der Waals surface area contributed by atoms with Gasteiger partial charge in [-0.2, -0.15) is 0 Å². The first-order valence-electron chi connectivity index (χ1n) is 10.5. The quantitative estimate of drug-likeness (QED) is 0.856. The van der Waals surface area contributed by atoms with E-state index in [0.717, 1.165) is 38.8 Å². The molecule has 2 aromatic carbocycles. The van der Waals surface area contributed by atoms with Gasteiger partial charge in [0.15, 0.2) is 0 Å². The summed E-state index contributed by atoms with van der Waals surface area (Å²) >= 11 is 0. The fourth-order valence-electron chi connectivity index (χ4n) is 4.94. The molecule has 0 saturated carbocycles. The average molecular weight is 395 g/mol. The summed E-state index contributed by atoms with van der Waals surface area (Å²) in [5.41, 5.74) is 1.89. The van der Waals surface area contributed by atoms with Gasteiger partial charge in [0.05, 0.1) is 25.8 Å². The Bertz CT molecular complexity index is 839. The number of nitrogens with one attached hydrogen (secondary N) is 1. The van der Waals surface area contributed by atoms with Crippen molar-refractivity contribution < 1.29 is 14.3 Å². The first-order valence-corrected chi connectivity index (χ1v) is 10.5. The second-order valence-corrected chi connectivity index (χ2v) is 7.92. The Balaban J connectivity index is 1.73. The van der Waals surface area contributed by atoms with Gasteiger partial charge in [-0.25, -0.2) is 0 Å². The van der Waals surface area contributed by atoms with E-state index in [1.165, 1.54) is 5.56 Å². The molecule has 0 bridgehead atoms. The molecule has 2 heterocycles. The third kappa shape index (κ3) is 3.97. The van der Waals surface area contributed by atoms with Crippen molar-refractivity contribution in [3.05, 3.63) is 59.7 Å². The van der Waals surface area contributed by atoms with Crippen LogP contribution in [0.25, 0.3) is 0 Å². The lowest BCUT2D eigenvalue weighted by atomic mass is 9.80. The predicted octanol–water partition coefficient (Wildman–Crippen LogP) is 3.84. The van der Waals surface area contributed by atoms with Crippen molar-refractivity contribution in [1.29, 1.82) is 0 Å². The van der Waals surface area contributed by atoms with Crippen LogP contribution in [0.1, 0.15) is 47.5 Å². The highest BCUT2D eigenvalue weighted by molar-refractivity contribution is 5.97. The number of hydrogen-bond donors (Lipinski definition) is 1. The van der Waals surface area contributed by atoms with Gasteiger partial charge in [-0.15, -0.1) is 0 Å². The summed E-state index contributed by atoms with van der Waals surface area (Å²) in [6, 6.07) is 16.5. The maximum Gasteiger partial charge on any atom is 0.258 e. The highest BCUT2D eigenvalue weighted by Gasteiger charge is 2.41. The molecule has 4 rings (SSSR count). The van der Waals surface area contributed by atoms with Crippen molar-refractivity contribution in [2.24, 2.45) is 0 Å². The lowest BCUT2D eigenvalue weighted by molar-refractivity contribution is 0.0571. The summed E-state index contributed by atoms with van der Waals surface area (Å²) in [4.78, 5) is 15.9. The molecule has 29 heavy (non-hydrogen) atoms. The molecule has 2 saturated heterocycles. The van der Waals surface area contributed by atoms with E-state index < -0.39 is 0 Å². The van der Waals surface area contributed by atoms with E-state index in [-0.39, 0.29) is 11.9 Å². The van der Waals surface area contributed by atoms with Gasteiger partial charge in [-0.05, 0) is 49.6 Å². The smallest absolute Gasteiger partial charge is 0.258 e. The summed E-state index contributed by atoms with van der Waals surface area (Å²) in [6.07, 6.45) is 4.29. The highest BCUT2D eigenvalue weighted by atomic mass is 16.5. The lowest BCUT2D eigenvalue weighted by Gasteiger charge is -2.44. The molecule has 5 heteroatoms. The van der Waals surface area contributed by atoms with Crippen molar-refractivity contribution in [2.45, 2.75) is 43.7 Å². The average Bonchev–Trinajstić information content (AvgIpc) is 3.01. The van der Waals surface area contributed by atoms with Gasteiger partial charge in [0.1, 0.15) is 11.5 Å². The third-order valence-electron chi connectivity index (χ3n) is 6.34. The number of likely N-dealkylation sites (tertiary alicyclic amines) is 1. The van der Waals surface area contributed by atoms with Crippen molar-refractivity contribution in [2.75, 3.05) is 27.3 Å². The van der Waals surface area contributed by atoms with Crippen LogP contribution in [0.2, 0.25) is 0 Å². The van der Waals surface area contributed by atoms with Crippen molar-refractivity contribution >= 4 is 5.91 Å². The van der Waals surface area contributed by atoms with Crippen LogP contribution < -0.4 is 14.8 Å². The summed E-state index contributed by atoms with van der Waals surface area (Å²) in [6.45, 7) is 1.76. The Hall–Kier alpha value is -2.53. The molecule has 0 aromatic heterocycles. The summed E-state index contributed by atoms with van der Waals surface area (Å²) in [5, 5.41) is 3.70. The predicted molar refractivity (Wildman–Crippen MR) is 114 cm³/mol. The van der Waals surface area contributed by atoms with E-state index in [2.05, 4.69) is 40.5 Å². The topological polar surface area (TPSA) is 50.8 Å². The molecule has 2 aromatic rings. The number of hydrogen-bond acceptors (Lipinski definition) is 4. The van der Waals surface area contributed by atoms with Crippen LogP contribution in [0.3, 0.4) is 0 Å². The zero-order valence-electron chi connectivity index (χ0n) is 17.3. The van der Waals surface area contributed by atoms with E-state index >= 15 is 0 Å². The van der Waals surface area contributed by atoms with E-state index in [1.54, 1.807) is 20.3 Å². The van der Waals surface area contributed by atoms with E-state index in [9.17, 15) is 4.79 Å². The normalized spacial score (nSPS) is 24.3. The largest absolute Gasteiger partial charge is 0.497 e. The second-order valence-electron chi connectivity index (χ2n) is 7.92. The Labute approximate surface area is 173 Å². The molecular weight excluding hydrogens is 364 g/mol. The molecule has 0 radical (unpaired) electrons. The minimum absolute atomic E-state index is 0.0299. The van der Waals surface area contributed by atoms with Crippen LogP contribution in [-0.2, 0) is 0 Å². The summed E-state index contributed by atoms with van der Waals surface area (Å²) < 4.78 is 10.9. The van der Waals surface area contributed by atoms with Crippen LogP contribution in [-0.4, -0.2) is 50.2 Å². The number of benzene rings is 2. The number of nitrogens with zero attached hydrogens (tertiary/aromatic N) is 1. The summed E-state index contributed by atoms with van der Waals surface area (Å²) in [7, 11) is 3.23. The monoisotopic (exact) mass is 394 g/mol. The molecule has 3 atom stereocenters. The molecule has 1 amide bonds. The molecule has 2 aliphatic rings. The van der Waals surface area contributed by atoms with Gasteiger partial charge in [0, 0.05) is 18.5 Å². The Kier molecular flexibility index (Phi) is 6.05. The lowest BCUT2D eigenvalue weighted by Crippen LogP contribution is -2.57. The molecular formula is C24H30N2O3. The number of carbonyl (C=O) groups is 1. The van der Waals surface area contributed by atoms with Gasteiger partial charge in [0.25, 0.3) is 5.91 Å². The van der Waals surface area contributed by atoms with E-state index in [4.69, 9.17) is 9.47 Å². The highest BCUT2D eigenvalue weighted by Crippen LogP contribution is 2.37. The van der Waals surface area contributed by atoms with E-state index in [0.29, 0.717) is 29.0 Å². The third-order valence-corrected chi connectivity index (χ3v) is 6.34.